The molecule has 0 atom stereocenters. The molecule has 6 nitrogen and oxygen atoms in total. The molecule has 0 saturated carbocycles. The van der Waals surface area contributed by atoms with Crippen LogP contribution in [0.2, 0.25) is 0 Å². The number of aryl methyl sites for hydroxylation is 5. The number of furan rings is 1. The molecule has 3 heterocycles. The van der Waals surface area contributed by atoms with Gasteiger partial charge in [-0.15, -0.1) is 10.2 Å². The minimum atomic E-state index is 0.781. The predicted octanol–water partition coefficient (Wildman–Crippen LogP) is 3.77. The number of benzene rings is 1. The summed E-state index contributed by atoms with van der Waals surface area (Å²) in [4.78, 5) is 4.53. The summed E-state index contributed by atoms with van der Waals surface area (Å²) in [6.45, 7) is 7.93. The van der Waals surface area contributed by atoms with Gasteiger partial charge in [0.25, 0.3) is 0 Å². The molecule has 0 aliphatic carbocycles. The summed E-state index contributed by atoms with van der Waals surface area (Å²) in [6, 6.07) is 6.26. The van der Waals surface area contributed by atoms with Crippen LogP contribution in [0.3, 0.4) is 0 Å². The van der Waals surface area contributed by atoms with Crippen molar-refractivity contribution in [2.75, 3.05) is 0 Å². The molecule has 0 radical (unpaired) electrons. The number of hydrogen-bond acceptors (Lipinski definition) is 4. The molecular formula is C19H21N5O. The Labute approximate surface area is 146 Å². The van der Waals surface area contributed by atoms with Gasteiger partial charge in [0, 0.05) is 42.9 Å². The number of hydrogen-bond donors (Lipinski definition) is 0. The molecule has 3 aromatic heterocycles. The molecule has 128 valence electrons. The summed E-state index contributed by atoms with van der Waals surface area (Å²) in [5, 5.41) is 9.35. The minimum absolute atomic E-state index is 0.781. The summed E-state index contributed by atoms with van der Waals surface area (Å²) in [5.74, 6) is 2.68. The SMILES string of the molecule is CCn1cnnc1CCn1ccnc1-c1oc2ccc(C)cc2c1C. The normalized spacial score (nSPS) is 11.5. The number of aromatic nitrogens is 5. The van der Waals surface area contributed by atoms with Gasteiger partial charge in [0.2, 0.25) is 0 Å². The van der Waals surface area contributed by atoms with E-state index in [1.807, 2.05) is 18.5 Å². The lowest BCUT2D eigenvalue weighted by molar-refractivity contribution is 0.594. The highest BCUT2D eigenvalue weighted by Crippen LogP contribution is 2.32. The van der Waals surface area contributed by atoms with Gasteiger partial charge < -0.3 is 13.6 Å². The van der Waals surface area contributed by atoms with E-state index < -0.39 is 0 Å². The second-order valence-corrected chi connectivity index (χ2v) is 6.28. The zero-order valence-corrected chi connectivity index (χ0v) is 14.7. The summed E-state index contributed by atoms with van der Waals surface area (Å²) < 4.78 is 10.3. The molecular weight excluding hydrogens is 314 g/mol. The van der Waals surface area contributed by atoms with Crippen LogP contribution in [0, 0.1) is 13.8 Å². The smallest absolute Gasteiger partial charge is 0.176 e. The highest BCUT2D eigenvalue weighted by Gasteiger charge is 2.17. The topological polar surface area (TPSA) is 61.7 Å². The lowest BCUT2D eigenvalue weighted by Crippen LogP contribution is -2.07. The fourth-order valence-corrected chi connectivity index (χ4v) is 3.20. The van der Waals surface area contributed by atoms with E-state index in [4.69, 9.17) is 4.42 Å². The molecule has 6 heteroatoms. The summed E-state index contributed by atoms with van der Waals surface area (Å²) in [5.41, 5.74) is 3.26. The van der Waals surface area contributed by atoms with Gasteiger partial charge in [-0.2, -0.15) is 0 Å². The van der Waals surface area contributed by atoms with E-state index in [1.54, 1.807) is 6.33 Å². The van der Waals surface area contributed by atoms with E-state index in [-0.39, 0.29) is 0 Å². The predicted molar refractivity (Wildman–Crippen MR) is 96.3 cm³/mol. The fourth-order valence-electron chi connectivity index (χ4n) is 3.20. The Kier molecular flexibility index (Phi) is 3.87. The fraction of sp³-hybridized carbons (Fsp3) is 0.316. The standard InChI is InChI=1S/C19H21N5O/c1-4-23-12-21-22-17(23)7-9-24-10-8-20-19(24)18-14(3)15-11-13(2)5-6-16(15)25-18/h5-6,8,10-12H,4,7,9H2,1-3H3. The van der Waals surface area contributed by atoms with Gasteiger partial charge >= 0.3 is 0 Å². The first-order valence-corrected chi connectivity index (χ1v) is 8.55. The molecule has 0 bridgehead atoms. The second kappa shape index (κ2) is 6.20. The molecule has 0 fully saturated rings. The molecule has 1 aromatic carbocycles. The third-order valence-electron chi connectivity index (χ3n) is 4.62. The third-order valence-corrected chi connectivity index (χ3v) is 4.62. The maximum Gasteiger partial charge on any atom is 0.176 e. The lowest BCUT2D eigenvalue weighted by atomic mass is 10.1. The van der Waals surface area contributed by atoms with Crippen LogP contribution in [-0.4, -0.2) is 24.3 Å². The van der Waals surface area contributed by atoms with Crippen molar-refractivity contribution < 1.29 is 4.42 Å². The first-order chi connectivity index (χ1) is 12.2. The average molecular weight is 335 g/mol. The maximum absolute atomic E-state index is 6.10. The van der Waals surface area contributed by atoms with Gasteiger partial charge in [-0.3, -0.25) is 0 Å². The first kappa shape index (κ1) is 15.6. The van der Waals surface area contributed by atoms with E-state index in [1.165, 1.54) is 5.56 Å². The summed E-state index contributed by atoms with van der Waals surface area (Å²) >= 11 is 0. The van der Waals surface area contributed by atoms with Crippen LogP contribution in [0.25, 0.3) is 22.6 Å². The lowest BCUT2D eigenvalue weighted by Gasteiger charge is -2.07. The Morgan fingerprint density at radius 1 is 1.16 bits per heavy atom. The minimum Gasteiger partial charge on any atom is -0.453 e. The van der Waals surface area contributed by atoms with Gasteiger partial charge in [0.1, 0.15) is 17.7 Å². The van der Waals surface area contributed by atoms with E-state index in [0.29, 0.717) is 0 Å². The summed E-state index contributed by atoms with van der Waals surface area (Å²) in [7, 11) is 0. The van der Waals surface area contributed by atoms with Gasteiger partial charge in [-0.25, -0.2) is 4.98 Å². The Morgan fingerprint density at radius 3 is 2.88 bits per heavy atom. The first-order valence-electron chi connectivity index (χ1n) is 8.55. The van der Waals surface area contributed by atoms with Gasteiger partial charge in [-0.1, -0.05) is 11.6 Å². The highest BCUT2D eigenvalue weighted by atomic mass is 16.3. The molecule has 4 aromatic rings. The van der Waals surface area contributed by atoms with Crippen LogP contribution in [0.1, 0.15) is 23.9 Å². The monoisotopic (exact) mass is 335 g/mol. The van der Waals surface area contributed by atoms with E-state index in [2.05, 4.69) is 57.2 Å². The van der Waals surface area contributed by atoms with E-state index >= 15 is 0 Å². The summed E-state index contributed by atoms with van der Waals surface area (Å²) in [6.07, 6.45) is 6.38. The Balaban J connectivity index is 1.67. The maximum atomic E-state index is 6.10. The third kappa shape index (κ3) is 2.73. The van der Waals surface area contributed by atoms with Gasteiger partial charge in [0.15, 0.2) is 11.6 Å². The molecule has 0 aliphatic rings. The number of imidazole rings is 1. The van der Waals surface area contributed by atoms with Crippen LogP contribution < -0.4 is 0 Å². The molecule has 0 amide bonds. The number of nitrogens with zero attached hydrogens (tertiary/aromatic N) is 5. The van der Waals surface area contributed by atoms with Crippen LogP contribution in [0.15, 0.2) is 41.3 Å². The molecule has 0 unspecified atom stereocenters. The van der Waals surface area contributed by atoms with Gasteiger partial charge in [-0.05, 0) is 32.9 Å². The van der Waals surface area contributed by atoms with E-state index in [0.717, 1.165) is 53.5 Å². The van der Waals surface area contributed by atoms with Crippen LogP contribution in [0.4, 0.5) is 0 Å². The Morgan fingerprint density at radius 2 is 2.04 bits per heavy atom. The molecule has 0 N–H and O–H groups in total. The zero-order chi connectivity index (χ0) is 17.4. The quantitative estimate of drug-likeness (QED) is 0.557. The van der Waals surface area contributed by atoms with Crippen molar-refractivity contribution in [1.82, 2.24) is 24.3 Å². The van der Waals surface area contributed by atoms with Crippen molar-refractivity contribution in [1.29, 1.82) is 0 Å². The molecule has 25 heavy (non-hydrogen) atoms. The van der Waals surface area contributed by atoms with Crippen molar-refractivity contribution in [3.63, 3.8) is 0 Å². The number of rotatable bonds is 5. The number of fused-ring (bicyclic) bond motifs is 1. The van der Waals surface area contributed by atoms with Crippen LogP contribution in [-0.2, 0) is 19.5 Å². The largest absolute Gasteiger partial charge is 0.453 e. The molecule has 0 aliphatic heterocycles. The Bertz CT molecular complexity index is 1020. The average Bonchev–Trinajstić information content (AvgIpc) is 3.32. The van der Waals surface area contributed by atoms with Gasteiger partial charge in [0.05, 0.1) is 0 Å². The second-order valence-electron chi connectivity index (χ2n) is 6.28. The van der Waals surface area contributed by atoms with Crippen LogP contribution >= 0.6 is 0 Å². The highest BCUT2D eigenvalue weighted by molar-refractivity contribution is 5.87. The zero-order valence-electron chi connectivity index (χ0n) is 14.7. The van der Waals surface area contributed by atoms with Crippen molar-refractivity contribution >= 4 is 11.0 Å². The Hall–Kier alpha value is -2.89. The van der Waals surface area contributed by atoms with E-state index in [9.17, 15) is 0 Å². The molecule has 0 saturated heterocycles. The van der Waals surface area contributed by atoms with Crippen LogP contribution in [0.5, 0.6) is 0 Å². The van der Waals surface area contributed by atoms with Crippen molar-refractivity contribution in [2.24, 2.45) is 0 Å². The molecule has 4 rings (SSSR count). The molecule has 0 spiro atoms. The van der Waals surface area contributed by atoms with Crippen molar-refractivity contribution in [3.8, 4) is 11.6 Å². The van der Waals surface area contributed by atoms with Crippen molar-refractivity contribution in [3.05, 3.63) is 53.9 Å². The van der Waals surface area contributed by atoms with Crippen molar-refractivity contribution in [2.45, 2.75) is 40.3 Å².